The van der Waals surface area contributed by atoms with Crippen molar-refractivity contribution in [1.82, 2.24) is 0 Å². The van der Waals surface area contributed by atoms with Gasteiger partial charge in [0.2, 0.25) is 0 Å². The summed E-state index contributed by atoms with van der Waals surface area (Å²) in [5.74, 6) is 5.78. The van der Waals surface area contributed by atoms with Crippen LogP contribution in [-0.2, 0) is 0 Å². The second-order valence-electron chi connectivity index (χ2n) is 3.70. The molecule has 18 heavy (non-hydrogen) atoms. The van der Waals surface area contributed by atoms with E-state index in [0.29, 0.717) is 5.56 Å². The van der Waals surface area contributed by atoms with Crippen molar-refractivity contribution in [3.05, 3.63) is 83.9 Å². The van der Waals surface area contributed by atoms with Crippen LogP contribution in [0.4, 0.5) is 0 Å². The summed E-state index contributed by atoms with van der Waals surface area (Å²) in [4.78, 5) is 11.7. The Morgan fingerprint density at radius 2 is 1.50 bits per heavy atom. The van der Waals surface area contributed by atoms with Crippen molar-refractivity contribution < 1.29 is 4.79 Å². The molecule has 0 aliphatic rings. The first-order valence-corrected chi connectivity index (χ1v) is 5.69. The van der Waals surface area contributed by atoms with Crippen molar-refractivity contribution in [2.75, 3.05) is 0 Å². The quantitative estimate of drug-likeness (QED) is 0.440. The predicted molar refractivity (Wildman–Crippen MR) is 73.2 cm³/mol. The average Bonchev–Trinajstić information content (AvgIpc) is 2.45. The number of hydrogen-bond acceptors (Lipinski definition) is 1. The van der Waals surface area contributed by atoms with E-state index in [2.05, 4.69) is 11.8 Å². The summed E-state index contributed by atoms with van der Waals surface area (Å²) in [5, 5.41) is 0. The molecule has 0 atom stereocenters. The molecule has 0 saturated carbocycles. The lowest BCUT2D eigenvalue weighted by Gasteiger charge is -1.91. The van der Waals surface area contributed by atoms with E-state index in [0.717, 1.165) is 5.56 Å². The van der Waals surface area contributed by atoms with Crippen LogP contribution in [0.3, 0.4) is 0 Å². The first-order valence-electron chi connectivity index (χ1n) is 5.69. The van der Waals surface area contributed by atoms with E-state index in [1.807, 2.05) is 48.5 Å². The Bertz CT molecular complexity index is 598. The summed E-state index contributed by atoms with van der Waals surface area (Å²) in [5.41, 5.74) is 1.62. The van der Waals surface area contributed by atoms with Gasteiger partial charge < -0.3 is 0 Å². The summed E-state index contributed by atoms with van der Waals surface area (Å²) in [6.45, 7) is 0. The fourth-order valence-electron chi connectivity index (χ4n) is 1.46. The third kappa shape index (κ3) is 3.47. The largest absolute Gasteiger partial charge is 0.289 e. The maximum atomic E-state index is 11.7. The maximum Gasteiger partial charge on any atom is 0.186 e. The molecule has 0 radical (unpaired) electrons. The van der Waals surface area contributed by atoms with E-state index in [-0.39, 0.29) is 5.78 Å². The molecule has 0 unspecified atom stereocenters. The molecule has 86 valence electrons. The van der Waals surface area contributed by atoms with E-state index in [9.17, 15) is 4.79 Å². The average molecular weight is 232 g/mol. The molecule has 0 saturated heterocycles. The smallest absolute Gasteiger partial charge is 0.186 e. The molecule has 0 spiro atoms. The standard InChI is InChI=1S/C17H12O/c18-17(16-12-5-2-6-13-16)14-8-7-11-15-9-3-1-4-10-15/h1-6,8-10,12-14H/b14-8-. The van der Waals surface area contributed by atoms with Gasteiger partial charge in [-0.1, -0.05) is 60.4 Å². The zero-order chi connectivity index (χ0) is 12.6. The third-order valence-corrected chi connectivity index (χ3v) is 2.37. The van der Waals surface area contributed by atoms with Crippen LogP contribution in [-0.4, -0.2) is 5.78 Å². The van der Waals surface area contributed by atoms with Gasteiger partial charge in [-0.2, -0.15) is 0 Å². The Morgan fingerprint density at radius 3 is 2.17 bits per heavy atom. The molecular weight excluding hydrogens is 220 g/mol. The zero-order valence-corrected chi connectivity index (χ0v) is 9.84. The minimum Gasteiger partial charge on any atom is -0.289 e. The summed E-state index contributed by atoms with van der Waals surface area (Å²) < 4.78 is 0. The van der Waals surface area contributed by atoms with Crippen molar-refractivity contribution in [3.8, 4) is 11.8 Å². The molecular formula is C17H12O. The van der Waals surface area contributed by atoms with Crippen molar-refractivity contribution in [3.63, 3.8) is 0 Å². The molecule has 0 fully saturated rings. The molecule has 1 heteroatoms. The van der Waals surface area contributed by atoms with Crippen LogP contribution in [0.15, 0.2) is 72.8 Å². The van der Waals surface area contributed by atoms with Crippen LogP contribution >= 0.6 is 0 Å². The summed E-state index contributed by atoms with van der Waals surface area (Å²) in [6.07, 6.45) is 3.08. The SMILES string of the molecule is O=C(/C=C\C#Cc1ccccc1)c1ccccc1. The molecule has 0 amide bonds. The molecule has 2 rings (SSSR count). The first kappa shape index (κ1) is 11.9. The molecule has 2 aromatic rings. The highest BCUT2D eigenvalue weighted by atomic mass is 16.1. The van der Waals surface area contributed by atoms with Crippen LogP contribution in [0.1, 0.15) is 15.9 Å². The van der Waals surface area contributed by atoms with Crippen molar-refractivity contribution >= 4 is 5.78 Å². The Kier molecular flexibility index (Phi) is 4.11. The summed E-state index contributed by atoms with van der Waals surface area (Å²) in [6, 6.07) is 18.8. The molecule has 1 nitrogen and oxygen atoms in total. The number of carbonyl (C=O) groups excluding carboxylic acids is 1. The van der Waals surface area contributed by atoms with Gasteiger partial charge in [-0.05, 0) is 24.3 Å². The second kappa shape index (κ2) is 6.22. The molecule has 0 aliphatic carbocycles. The lowest BCUT2D eigenvalue weighted by Crippen LogP contribution is -1.92. The molecule has 0 aliphatic heterocycles. The number of benzene rings is 2. The molecule has 2 aromatic carbocycles. The number of rotatable bonds is 2. The van der Waals surface area contributed by atoms with Gasteiger partial charge in [0.15, 0.2) is 5.78 Å². The van der Waals surface area contributed by atoms with Crippen molar-refractivity contribution in [2.24, 2.45) is 0 Å². The zero-order valence-electron chi connectivity index (χ0n) is 9.84. The Labute approximate surface area is 107 Å². The van der Waals surface area contributed by atoms with E-state index >= 15 is 0 Å². The third-order valence-electron chi connectivity index (χ3n) is 2.37. The number of carbonyl (C=O) groups is 1. The van der Waals surface area contributed by atoms with Gasteiger partial charge >= 0.3 is 0 Å². The van der Waals surface area contributed by atoms with Gasteiger partial charge in [0.25, 0.3) is 0 Å². The molecule has 0 N–H and O–H groups in total. The van der Waals surface area contributed by atoms with Crippen LogP contribution in [0.2, 0.25) is 0 Å². The monoisotopic (exact) mass is 232 g/mol. The molecule has 0 aromatic heterocycles. The van der Waals surface area contributed by atoms with E-state index in [1.54, 1.807) is 18.2 Å². The lowest BCUT2D eigenvalue weighted by atomic mass is 10.1. The van der Waals surface area contributed by atoms with Crippen LogP contribution in [0, 0.1) is 11.8 Å². The minimum absolute atomic E-state index is 0.0297. The second-order valence-corrected chi connectivity index (χ2v) is 3.70. The summed E-state index contributed by atoms with van der Waals surface area (Å²) >= 11 is 0. The Morgan fingerprint density at radius 1 is 0.889 bits per heavy atom. The van der Waals surface area contributed by atoms with Crippen molar-refractivity contribution in [1.29, 1.82) is 0 Å². The highest BCUT2D eigenvalue weighted by molar-refractivity contribution is 6.04. The number of hydrogen-bond donors (Lipinski definition) is 0. The molecule has 0 bridgehead atoms. The van der Waals surface area contributed by atoms with Gasteiger partial charge in [0, 0.05) is 11.1 Å². The minimum atomic E-state index is -0.0297. The highest BCUT2D eigenvalue weighted by Crippen LogP contribution is 2.00. The maximum absolute atomic E-state index is 11.7. The van der Waals surface area contributed by atoms with Crippen molar-refractivity contribution in [2.45, 2.75) is 0 Å². The number of ketones is 1. The van der Waals surface area contributed by atoms with Crippen LogP contribution < -0.4 is 0 Å². The van der Waals surface area contributed by atoms with E-state index < -0.39 is 0 Å². The van der Waals surface area contributed by atoms with Gasteiger partial charge in [-0.25, -0.2) is 0 Å². The Hall–Kier alpha value is -2.59. The topological polar surface area (TPSA) is 17.1 Å². The van der Waals surface area contributed by atoms with Gasteiger partial charge in [0.05, 0.1) is 0 Å². The van der Waals surface area contributed by atoms with Gasteiger partial charge in [0.1, 0.15) is 0 Å². The van der Waals surface area contributed by atoms with Crippen LogP contribution in [0.25, 0.3) is 0 Å². The van der Waals surface area contributed by atoms with Gasteiger partial charge in [-0.3, -0.25) is 4.79 Å². The lowest BCUT2D eigenvalue weighted by molar-refractivity contribution is 0.104. The number of allylic oxidation sites excluding steroid dienone is 2. The highest BCUT2D eigenvalue weighted by Gasteiger charge is 1.97. The fourth-order valence-corrected chi connectivity index (χ4v) is 1.46. The normalized spacial score (nSPS) is 9.78. The van der Waals surface area contributed by atoms with E-state index in [4.69, 9.17) is 0 Å². The first-order chi connectivity index (χ1) is 8.86. The predicted octanol–water partition coefficient (Wildman–Crippen LogP) is 3.48. The Balaban J connectivity index is 2.01. The fraction of sp³-hybridized carbons (Fsp3) is 0. The van der Waals surface area contributed by atoms with E-state index in [1.165, 1.54) is 6.08 Å². The van der Waals surface area contributed by atoms with Gasteiger partial charge in [-0.15, -0.1) is 0 Å². The summed E-state index contributed by atoms with van der Waals surface area (Å²) in [7, 11) is 0. The molecule has 0 heterocycles. The van der Waals surface area contributed by atoms with Crippen LogP contribution in [0.5, 0.6) is 0 Å².